The number of hydrogen-bond acceptors (Lipinski definition) is 5. The fraction of sp³-hybridized carbons (Fsp3) is 0.615. The van der Waals surface area contributed by atoms with Crippen molar-refractivity contribution in [2.45, 2.75) is 26.8 Å². The molecule has 0 aliphatic heterocycles. The number of ether oxygens (including phenoxy) is 1. The van der Waals surface area contributed by atoms with Crippen LogP contribution in [0.2, 0.25) is 0 Å². The molecule has 0 saturated carbocycles. The molecule has 6 heteroatoms. The lowest BCUT2D eigenvalue weighted by Crippen LogP contribution is -2.18. The minimum absolute atomic E-state index is 0.0493. The van der Waals surface area contributed by atoms with Crippen LogP contribution in [0, 0.1) is 6.92 Å². The highest BCUT2D eigenvalue weighted by atomic mass is 32.2. The maximum absolute atomic E-state index is 11.6. The number of nitrogens with zero attached hydrogens (tertiary/aromatic N) is 1. The Kier molecular flexibility index (Phi) is 6.24. The first-order valence-electron chi connectivity index (χ1n) is 6.43. The van der Waals surface area contributed by atoms with Crippen molar-refractivity contribution in [3.8, 4) is 5.75 Å². The first-order chi connectivity index (χ1) is 8.98. The molecule has 0 saturated heterocycles. The molecule has 0 aliphatic carbocycles. The van der Waals surface area contributed by atoms with E-state index in [9.17, 15) is 8.42 Å². The molecule has 1 heterocycles. The van der Waals surface area contributed by atoms with Gasteiger partial charge in [0.25, 0.3) is 0 Å². The standard InChI is InChI=1S/C13H22N2O3S/c1-4-8-19(16,17)9-7-18-13-6-5-11(2)15-12(13)10-14-3/h5-6,14H,4,7-10H2,1-3H3. The van der Waals surface area contributed by atoms with E-state index < -0.39 is 9.84 Å². The second-order valence-corrected chi connectivity index (χ2v) is 6.73. The smallest absolute Gasteiger partial charge is 0.153 e. The molecule has 1 aromatic heterocycles. The minimum atomic E-state index is -3.00. The highest BCUT2D eigenvalue weighted by Gasteiger charge is 2.11. The van der Waals surface area contributed by atoms with Crippen molar-refractivity contribution < 1.29 is 13.2 Å². The average Bonchev–Trinajstić information content (AvgIpc) is 2.32. The number of pyridine rings is 1. The molecule has 0 radical (unpaired) electrons. The summed E-state index contributed by atoms with van der Waals surface area (Å²) in [5, 5.41) is 3.02. The Bertz CT molecular complexity index is 501. The number of aromatic nitrogens is 1. The average molecular weight is 286 g/mol. The third-order valence-electron chi connectivity index (χ3n) is 2.58. The molecule has 0 atom stereocenters. The van der Waals surface area contributed by atoms with Crippen LogP contribution in [0.3, 0.4) is 0 Å². The van der Waals surface area contributed by atoms with Gasteiger partial charge in [0.1, 0.15) is 12.4 Å². The van der Waals surface area contributed by atoms with Gasteiger partial charge in [0.15, 0.2) is 9.84 Å². The van der Waals surface area contributed by atoms with Crippen molar-refractivity contribution in [1.29, 1.82) is 0 Å². The molecule has 0 aromatic carbocycles. The molecular weight excluding hydrogens is 264 g/mol. The van der Waals surface area contributed by atoms with Crippen LogP contribution in [0.1, 0.15) is 24.7 Å². The number of aryl methyl sites for hydroxylation is 1. The van der Waals surface area contributed by atoms with Gasteiger partial charge in [0.2, 0.25) is 0 Å². The number of hydrogen-bond donors (Lipinski definition) is 1. The maximum atomic E-state index is 11.6. The molecular formula is C13H22N2O3S. The fourth-order valence-corrected chi connectivity index (χ4v) is 2.88. The number of rotatable bonds is 8. The Balaban J connectivity index is 2.62. The molecule has 0 bridgehead atoms. The number of sulfone groups is 1. The Morgan fingerprint density at radius 2 is 2.05 bits per heavy atom. The molecule has 5 nitrogen and oxygen atoms in total. The zero-order valence-corrected chi connectivity index (χ0v) is 12.6. The maximum Gasteiger partial charge on any atom is 0.153 e. The van der Waals surface area contributed by atoms with Gasteiger partial charge in [-0.3, -0.25) is 4.98 Å². The van der Waals surface area contributed by atoms with Gasteiger partial charge >= 0.3 is 0 Å². The van der Waals surface area contributed by atoms with Crippen molar-refractivity contribution in [2.75, 3.05) is 25.2 Å². The second-order valence-electron chi connectivity index (χ2n) is 4.43. The molecule has 0 unspecified atom stereocenters. The molecule has 1 N–H and O–H groups in total. The van der Waals surface area contributed by atoms with E-state index in [1.54, 1.807) is 0 Å². The fourth-order valence-electron chi connectivity index (χ4n) is 1.71. The Hall–Kier alpha value is -1.14. The van der Waals surface area contributed by atoms with Crippen LogP contribution in [0.15, 0.2) is 12.1 Å². The quantitative estimate of drug-likeness (QED) is 0.780. The minimum Gasteiger partial charge on any atom is -0.491 e. The van der Waals surface area contributed by atoms with E-state index in [1.165, 1.54) is 0 Å². The molecule has 0 fully saturated rings. The van der Waals surface area contributed by atoms with Gasteiger partial charge in [0, 0.05) is 12.2 Å². The van der Waals surface area contributed by atoms with E-state index in [1.807, 2.05) is 33.0 Å². The summed E-state index contributed by atoms with van der Waals surface area (Å²) in [6.45, 7) is 4.53. The van der Waals surface area contributed by atoms with E-state index in [0.29, 0.717) is 18.7 Å². The Labute approximate surface area is 115 Å². The van der Waals surface area contributed by atoms with E-state index >= 15 is 0 Å². The van der Waals surface area contributed by atoms with E-state index in [0.717, 1.165) is 11.4 Å². The van der Waals surface area contributed by atoms with Crippen LogP contribution < -0.4 is 10.1 Å². The third kappa shape index (κ3) is 5.57. The summed E-state index contributed by atoms with van der Waals surface area (Å²) in [6, 6.07) is 3.69. The molecule has 0 spiro atoms. The van der Waals surface area contributed by atoms with Gasteiger partial charge in [0.05, 0.1) is 17.2 Å². The van der Waals surface area contributed by atoms with Crippen molar-refractivity contribution in [1.82, 2.24) is 10.3 Å². The molecule has 108 valence electrons. The predicted octanol–water partition coefficient (Wildman–Crippen LogP) is 1.31. The van der Waals surface area contributed by atoms with Crippen LogP contribution in [-0.2, 0) is 16.4 Å². The van der Waals surface area contributed by atoms with E-state index in [-0.39, 0.29) is 18.1 Å². The number of nitrogens with one attached hydrogen (secondary N) is 1. The lowest BCUT2D eigenvalue weighted by molar-refractivity contribution is 0.334. The highest BCUT2D eigenvalue weighted by Crippen LogP contribution is 2.16. The van der Waals surface area contributed by atoms with Gasteiger partial charge in [-0.05, 0) is 32.5 Å². The SMILES string of the molecule is CCCS(=O)(=O)CCOc1ccc(C)nc1CNC. The highest BCUT2D eigenvalue weighted by molar-refractivity contribution is 7.91. The summed E-state index contributed by atoms with van der Waals surface area (Å²) in [5.41, 5.74) is 1.71. The van der Waals surface area contributed by atoms with E-state index in [4.69, 9.17) is 4.74 Å². The van der Waals surface area contributed by atoms with Gasteiger partial charge in [-0.25, -0.2) is 8.42 Å². The Morgan fingerprint density at radius 3 is 2.68 bits per heavy atom. The van der Waals surface area contributed by atoms with Crippen LogP contribution >= 0.6 is 0 Å². The van der Waals surface area contributed by atoms with Crippen LogP contribution in [0.25, 0.3) is 0 Å². The van der Waals surface area contributed by atoms with Crippen molar-refractivity contribution >= 4 is 9.84 Å². The van der Waals surface area contributed by atoms with Crippen molar-refractivity contribution in [2.24, 2.45) is 0 Å². The summed E-state index contributed by atoms with van der Waals surface area (Å²) in [4.78, 5) is 4.38. The first kappa shape index (κ1) is 15.9. The summed E-state index contributed by atoms with van der Waals surface area (Å²) >= 11 is 0. The van der Waals surface area contributed by atoms with Crippen LogP contribution in [0.5, 0.6) is 5.75 Å². The molecule has 19 heavy (non-hydrogen) atoms. The monoisotopic (exact) mass is 286 g/mol. The van der Waals surface area contributed by atoms with Gasteiger partial charge < -0.3 is 10.1 Å². The second kappa shape index (κ2) is 7.45. The first-order valence-corrected chi connectivity index (χ1v) is 8.25. The normalized spacial score (nSPS) is 11.5. The summed E-state index contributed by atoms with van der Waals surface area (Å²) < 4.78 is 28.7. The molecule has 1 aromatic rings. The van der Waals surface area contributed by atoms with Gasteiger partial charge in [-0.1, -0.05) is 6.92 Å². The summed E-state index contributed by atoms with van der Waals surface area (Å²) in [5.74, 6) is 0.909. The van der Waals surface area contributed by atoms with Gasteiger partial charge in [-0.15, -0.1) is 0 Å². The topological polar surface area (TPSA) is 68.3 Å². The van der Waals surface area contributed by atoms with Gasteiger partial charge in [-0.2, -0.15) is 0 Å². The predicted molar refractivity (Wildman–Crippen MR) is 76.2 cm³/mol. The molecule has 1 rings (SSSR count). The zero-order chi connectivity index (χ0) is 14.3. The van der Waals surface area contributed by atoms with Crippen molar-refractivity contribution in [3.05, 3.63) is 23.5 Å². The lowest BCUT2D eigenvalue weighted by atomic mass is 10.3. The lowest BCUT2D eigenvalue weighted by Gasteiger charge is -2.11. The third-order valence-corrected chi connectivity index (χ3v) is 4.40. The zero-order valence-electron chi connectivity index (χ0n) is 11.8. The Morgan fingerprint density at radius 1 is 1.32 bits per heavy atom. The van der Waals surface area contributed by atoms with Crippen LogP contribution in [0.4, 0.5) is 0 Å². The van der Waals surface area contributed by atoms with Crippen molar-refractivity contribution in [3.63, 3.8) is 0 Å². The molecule has 0 aliphatic rings. The van der Waals surface area contributed by atoms with E-state index in [2.05, 4.69) is 10.3 Å². The molecule has 0 amide bonds. The summed E-state index contributed by atoms with van der Waals surface area (Å²) in [7, 11) is -1.16. The largest absolute Gasteiger partial charge is 0.491 e. The summed E-state index contributed by atoms with van der Waals surface area (Å²) in [6.07, 6.45) is 0.638. The van der Waals surface area contributed by atoms with Crippen LogP contribution in [-0.4, -0.2) is 38.6 Å².